The van der Waals surface area contributed by atoms with Crippen LogP contribution >= 0.6 is 0 Å². The van der Waals surface area contributed by atoms with Gasteiger partial charge in [0.1, 0.15) is 12.2 Å². The Labute approximate surface area is 70.2 Å². The van der Waals surface area contributed by atoms with Crippen molar-refractivity contribution in [1.82, 2.24) is 0 Å². The lowest BCUT2D eigenvalue weighted by Gasteiger charge is -2.38. The van der Waals surface area contributed by atoms with Gasteiger partial charge in [0.05, 0.1) is 12.7 Å². The lowest BCUT2D eigenvalue weighted by Crippen LogP contribution is -2.54. The third-order valence-electron chi connectivity index (χ3n) is 2.21. The van der Waals surface area contributed by atoms with Crippen LogP contribution in [0.1, 0.15) is 6.92 Å². The lowest BCUT2D eigenvalue weighted by atomic mass is 9.93. The summed E-state index contributed by atoms with van der Waals surface area (Å²) in [6.07, 6.45) is -4.20. The number of aliphatic hydroxyl groups is 4. The molecule has 0 aromatic rings. The highest BCUT2D eigenvalue weighted by atomic mass is 16.6. The van der Waals surface area contributed by atoms with Gasteiger partial charge in [0, 0.05) is 5.92 Å². The van der Waals surface area contributed by atoms with Gasteiger partial charge < -0.3 is 25.2 Å². The highest BCUT2D eigenvalue weighted by Gasteiger charge is 2.40. The second kappa shape index (κ2) is 3.68. The highest BCUT2D eigenvalue weighted by molar-refractivity contribution is 4.86. The van der Waals surface area contributed by atoms with Crippen LogP contribution in [0.2, 0.25) is 0 Å². The van der Waals surface area contributed by atoms with E-state index in [-0.39, 0.29) is 0 Å². The Hall–Kier alpha value is -0.200. The second-order valence-corrected chi connectivity index (χ2v) is 3.09. The minimum Gasteiger partial charge on any atom is -0.394 e. The summed E-state index contributed by atoms with van der Waals surface area (Å²) in [5, 5.41) is 36.4. The summed E-state index contributed by atoms with van der Waals surface area (Å²) in [6.45, 7) is 1.15. The van der Waals surface area contributed by atoms with Crippen molar-refractivity contribution < 1.29 is 25.2 Å². The van der Waals surface area contributed by atoms with E-state index in [1.165, 1.54) is 0 Å². The molecular formula is C7H14O5. The molecule has 5 nitrogen and oxygen atoms in total. The molecule has 1 saturated heterocycles. The number of hydrogen-bond acceptors (Lipinski definition) is 5. The largest absolute Gasteiger partial charge is 0.394 e. The molecule has 5 atom stereocenters. The number of rotatable bonds is 1. The van der Waals surface area contributed by atoms with Crippen molar-refractivity contribution in [2.45, 2.75) is 31.5 Å². The maximum Gasteiger partial charge on any atom is 0.160 e. The average molecular weight is 178 g/mol. The molecule has 1 rings (SSSR count). The molecule has 0 bridgehead atoms. The van der Waals surface area contributed by atoms with E-state index in [0.717, 1.165) is 0 Å². The van der Waals surface area contributed by atoms with Crippen molar-refractivity contribution in [1.29, 1.82) is 0 Å². The lowest BCUT2D eigenvalue weighted by molar-refractivity contribution is -0.266. The molecule has 0 aliphatic carbocycles. The van der Waals surface area contributed by atoms with E-state index in [1.807, 2.05) is 0 Å². The van der Waals surface area contributed by atoms with Crippen LogP contribution in [0.4, 0.5) is 0 Å². The first kappa shape index (κ1) is 9.88. The van der Waals surface area contributed by atoms with Crippen LogP contribution in [0.5, 0.6) is 0 Å². The Bertz CT molecular complexity index is 146. The third-order valence-corrected chi connectivity index (χ3v) is 2.21. The first-order valence-electron chi connectivity index (χ1n) is 3.88. The van der Waals surface area contributed by atoms with E-state index < -0.39 is 37.1 Å². The van der Waals surface area contributed by atoms with Gasteiger partial charge in [0.2, 0.25) is 0 Å². The van der Waals surface area contributed by atoms with Gasteiger partial charge in [-0.1, -0.05) is 6.92 Å². The topological polar surface area (TPSA) is 90.2 Å². The van der Waals surface area contributed by atoms with Crippen LogP contribution in [-0.2, 0) is 4.74 Å². The SMILES string of the molecule is CC1C(O)O[C@H](CO)[C@@H](O)[C@@H]1O. The van der Waals surface area contributed by atoms with Crippen LogP contribution in [0.3, 0.4) is 0 Å². The Morgan fingerprint density at radius 2 is 1.75 bits per heavy atom. The minimum absolute atomic E-state index is 0.415. The van der Waals surface area contributed by atoms with Crippen LogP contribution in [0.15, 0.2) is 0 Å². The van der Waals surface area contributed by atoms with Crippen molar-refractivity contribution in [3.63, 3.8) is 0 Å². The van der Waals surface area contributed by atoms with Gasteiger partial charge in [-0.05, 0) is 0 Å². The number of ether oxygens (including phenoxy) is 1. The van der Waals surface area contributed by atoms with E-state index in [4.69, 9.17) is 14.9 Å². The summed E-state index contributed by atoms with van der Waals surface area (Å²) in [6, 6.07) is 0. The summed E-state index contributed by atoms with van der Waals surface area (Å²) < 4.78 is 4.83. The van der Waals surface area contributed by atoms with Gasteiger partial charge in [-0.25, -0.2) is 0 Å². The molecule has 0 amide bonds. The van der Waals surface area contributed by atoms with E-state index >= 15 is 0 Å². The van der Waals surface area contributed by atoms with E-state index in [0.29, 0.717) is 0 Å². The fourth-order valence-corrected chi connectivity index (χ4v) is 1.23. The smallest absolute Gasteiger partial charge is 0.160 e. The first-order chi connectivity index (χ1) is 5.57. The maximum absolute atomic E-state index is 9.32. The van der Waals surface area contributed by atoms with Gasteiger partial charge >= 0.3 is 0 Å². The molecule has 2 unspecified atom stereocenters. The van der Waals surface area contributed by atoms with Crippen LogP contribution in [0.25, 0.3) is 0 Å². The molecule has 1 aliphatic rings. The van der Waals surface area contributed by atoms with Gasteiger partial charge in [-0.2, -0.15) is 0 Å². The van der Waals surface area contributed by atoms with Gasteiger partial charge in [0.15, 0.2) is 6.29 Å². The number of hydrogen-bond donors (Lipinski definition) is 4. The molecule has 12 heavy (non-hydrogen) atoms. The summed E-state index contributed by atoms with van der Waals surface area (Å²) in [5.41, 5.74) is 0. The van der Waals surface area contributed by atoms with Gasteiger partial charge in [-0.3, -0.25) is 0 Å². The number of aliphatic hydroxyl groups excluding tert-OH is 4. The Kier molecular flexibility index (Phi) is 3.03. The van der Waals surface area contributed by atoms with Crippen molar-refractivity contribution in [3.8, 4) is 0 Å². The van der Waals surface area contributed by atoms with Crippen molar-refractivity contribution in [3.05, 3.63) is 0 Å². The van der Waals surface area contributed by atoms with E-state index in [2.05, 4.69) is 0 Å². The molecule has 1 fully saturated rings. The molecule has 0 radical (unpaired) electrons. The fourth-order valence-electron chi connectivity index (χ4n) is 1.23. The summed E-state index contributed by atoms with van der Waals surface area (Å²) in [4.78, 5) is 0. The fraction of sp³-hybridized carbons (Fsp3) is 1.00. The van der Waals surface area contributed by atoms with E-state index in [9.17, 15) is 10.2 Å². The van der Waals surface area contributed by atoms with Crippen molar-refractivity contribution in [2.24, 2.45) is 5.92 Å². The normalized spacial score (nSPS) is 49.2. The Balaban J connectivity index is 2.63. The predicted molar refractivity (Wildman–Crippen MR) is 39.1 cm³/mol. The quantitative estimate of drug-likeness (QED) is 0.375. The van der Waals surface area contributed by atoms with Gasteiger partial charge in [0.25, 0.3) is 0 Å². The molecule has 0 aromatic heterocycles. The minimum atomic E-state index is -1.13. The molecule has 0 spiro atoms. The first-order valence-corrected chi connectivity index (χ1v) is 3.88. The van der Waals surface area contributed by atoms with Crippen molar-refractivity contribution >= 4 is 0 Å². The molecule has 0 saturated carbocycles. The summed E-state index contributed by atoms with van der Waals surface area (Å²) in [5.74, 6) is -0.539. The summed E-state index contributed by atoms with van der Waals surface area (Å²) in [7, 11) is 0. The summed E-state index contributed by atoms with van der Waals surface area (Å²) >= 11 is 0. The molecule has 4 N–H and O–H groups in total. The molecule has 1 heterocycles. The second-order valence-electron chi connectivity index (χ2n) is 3.09. The Morgan fingerprint density at radius 1 is 1.17 bits per heavy atom. The van der Waals surface area contributed by atoms with Gasteiger partial charge in [-0.15, -0.1) is 0 Å². The molecule has 0 aromatic carbocycles. The van der Waals surface area contributed by atoms with Crippen LogP contribution in [-0.4, -0.2) is 51.6 Å². The molecule has 5 heteroatoms. The maximum atomic E-state index is 9.32. The van der Waals surface area contributed by atoms with Crippen LogP contribution in [0, 0.1) is 5.92 Å². The Morgan fingerprint density at radius 3 is 2.25 bits per heavy atom. The zero-order valence-electron chi connectivity index (χ0n) is 6.79. The monoisotopic (exact) mass is 178 g/mol. The predicted octanol–water partition coefficient (Wildman–Crippen LogP) is -1.95. The van der Waals surface area contributed by atoms with Crippen LogP contribution < -0.4 is 0 Å². The van der Waals surface area contributed by atoms with E-state index in [1.54, 1.807) is 6.92 Å². The molecule has 72 valence electrons. The average Bonchev–Trinajstić information content (AvgIpc) is 2.08. The highest BCUT2D eigenvalue weighted by Crippen LogP contribution is 2.23. The standard InChI is InChI=1S/C7H14O5/c1-3-5(9)6(10)4(2-8)12-7(3)11/h3-11H,2H2,1H3/t3?,4-,5-,6-,7?/m1/s1. The zero-order valence-corrected chi connectivity index (χ0v) is 6.79. The molecular weight excluding hydrogens is 164 g/mol. The molecule has 1 aliphatic heterocycles. The van der Waals surface area contributed by atoms with Crippen molar-refractivity contribution in [2.75, 3.05) is 6.61 Å². The zero-order chi connectivity index (χ0) is 9.30. The third kappa shape index (κ3) is 1.60.